The van der Waals surface area contributed by atoms with E-state index in [1.165, 1.54) is 10.8 Å². The van der Waals surface area contributed by atoms with Gasteiger partial charge in [0.15, 0.2) is 0 Å². The summed E-state index contributed by atoms with van der Waals surface area (Å²) in [6.07, 6.45) is 1.84. The van der Waals surface area contributed by atoms with Crippen molar-refractivity contribution in [1.29, 1.82) is 0 Å². The van der Waals surface area contributed by atoms with E-state index >= 15 is 0 Å². The third-order valence-corrected chi connectivity index (χ3v) is 3.43. The third-order valence-electron chi connectivity index (χ3n) is 3.43. The molecule has 0 aliphatic heterocycles. The number of ether oxygens (including phenoxy) is 2. The molecule has 0 saturated carbocycles. The van der Waals surface area contributed by atoms with Gasteiger partial charge in [-0.15, -0.1) is 0 Å². The van der Waals surface area contributed by atoms with Crippen LogP contribution in [0.3, 0.4) is 0 Å². The van der Waals surface area contributed by atoms with E-state index in [1.54, 1.807) is 0 Å². The highest BCUT2D eigenvalue weighted by molar-refractivity contribution is 5.83. The van der Waals surface area contributed by atoms with Crippen molar-refractivity contribution in [3.8, 4) is 17.2 Å². The van der Waals surface area contributed by atoms with Crippen LogP contribution in [-0.2, 0) is 0 Å². The second-order valence-corrected chi connectivity index (χ2v) is 5.14. The molecule has 0 fully saturated rings. The second-order valence-electron chi connectivity index (χ2n) is 5.14. The average molecular weight is 291 g/mol. The Bertz CT molecular complexity index is 749. The first-order valence-electron chi connectivity index (χ1n) is 7.54. The van der Waals surface area contributed by atoms with Crippen molar-refractivity contribution < 1.29 is 9.47 Å². The van der Waals surface area contributed by atoms with E-state index in [0.29, 0.717) is 6.61 Å². The Morgan fingerprint density at radius 1 is 0.727 bits per heavy atom. The Balaban J connectivity index is 1.75. The van der Waals surface area contributed by atoms with Gasteiger partial charge in [0.1, 0.15) is 17.2 Å². The van der Waals surface area contributed by atoms with E-state index in [4.69, 9.17) is 9.47 Å². The van der Waals surface area contributed by atoms with Gasteiger partial charge in [-0.05, 0) is 41.5 Å². The van der Waals surface area contributed by atoms with E-state index in [9.17, 15) is 0 Å². The molecule has 111 valence electrons. The number of hydrogen-bond donors (Lipinski definition) is 0. The summed E-state index contributed by atoms with van der Waals surface area (Å²) in [7, 11) is 0. The van der Waals surface area contributed by atoms with E-state index in [2.05, 4.69) is 25.1 Å². The number of rotatable bonds is 6. The van der Waals surface area contributed by atoms with Crippen LogP contribution >= 0.6 is 0 Å². The van der Waals surface area contributed by atoms with Crippen molar-refractivity contribution in [2.75, 3.05) is 6.61 Å². The molecule has 2 nitrogen and oxygen atoms in total. The lowest BCUT2D eigenvalue weighted by molar-refractivity contribution is 0.310. The van der Waals surface area contributed by atoms with Gasteiger partial charge < -0.3 is 9.47 Å². The Labute approximate surface area is 131 Å². The largest absolute Gasteiger partial charge is 0.493 e. The number of fused-ring (bicyclic) bond motifs is 1. The van der Waals surface area contributed by atoms with Gasteiger partial charge in [-0.2, -0.15) is 0 Å². The molecule has 0 aromatic heterocycles. The third kappa shape index (κ3) is 3.59. The Morgan fingerprint density at radius 2 is 1.50 bits per heavy atom. The van der Waals surface area contributed by atoms with E-state index in [-0.39, 0.29) is 0 Å². The van der Waals surface area contributed by atoms with Crippen LogP contribution in [0.1, 0.15) is 12.8 Å². The van der Waals surface area contributed by atoms with Crippen LogP contribution in [0.4, 0.5) is 0 Å². The molecule has 0 aliphatic carbocycles. The maximum Gasteiger partial charge on any atom is 0.131 e. The molecule has 0 spiro atoms. The van der Waals surface area contributed by atoms with Gasteiger partial charge in [0.2, 0.25) is 0 Å². The quantitative estimate of drug-likeness (QED) is 0.548. The standard InChI is InChI=1S/C20H19O2/c1-2-3-13-21-18-9-6-10-19(15-18)22-20-12-11-16-7-4-5-8-17(16)14-20/h4-12,14-15H,1-3,13H2. The molecule has 0 heterocycles. The smallest absolute Gasteiger partial charge is 0.131 e. The molecule has 0 bridgehead atoms. The lowest BCUT2D eigenvalue weighted by Gasteiger charge is -2.09. The fourth-order valence-corrected chi connectivity index (χ4v) is 2.29. The van der Waals surface area contributed by atoms with Crippen LogP contribution in [0.2, 0.25) is 0 Å². The van der Waals surface area contributed by atoms with Crippen LogP contribution in [0.25, 0.3) is 10.8 Å². The second kappa shape index (κ2) is 6.99. The van der Waals surface area contributed by atoms with Crippen molar-refractivity contribution in [1.82, 2.24) is 0 Å². The van der Waals surface area contributed by atoms with Crippen LogP contribution in [-0.4, -0.2) is 6.61 Å². The first kappa shape index (κ1) is 14.5. The van der Waals surface area contributed by atoms with Crippen molar-refractivity contribution in [2.45, 2.75) is 12.8 Å². The number of unbranched alkanes of at least 4 members (excludes halogenated alkanes) is 1. The minimum atomic E-state index is 0.683. The molecule has 1 radical (unpaired) electrons. The summed E-state index contributed by atoms with van der Waals surface area (Å²) >= 11 is 0. The molecule has 0 unspecified atom stereocenters. The first-order chi connectivity index (χ1) is 10.8. The molecule has 3 aromatic carbocycles. The SMILES string of the molecule is [CH2]CCCOc1cccc(Oc2ccc3ccccc3c2)c1. The summed E-state index contributed by atoms with van der Waals surface area (Å²) in [5.74, 6) is 2.43. The summed E-state index contributed by atoms with van der Waals surface area (Å²) in [6.45, 7) is 4.49. The topological polar surface area (TPSA) is 18.5 Å². The molecule has 22 heavy (non-hydrogen) atoms. The molecule has 3 aromatic rings. The van der Waals surface area contributed by atoms with Gasteiger partial charge in [0.05, 0.1) is 6.61 Å². The molecular formula is C20H19O2. The van der Waals surface area contributed by atoms with E-state index < -0.39 is 0 Å². The highest BCUT2D eigenvalue weighted by atomic mass is 16.5. The maximum atomic E-state index is 5.94. The fraction of sp³-hybridized carbons (Fsp3) is 0.150. The molecule has 0 saturated heterocycles. The molecule has 2 heteroatoms. The lowest BCUT2D eigenvalue weighted by atomic mass is 10.1. The zero-order valence-corrected chi connectivity index (χ0v) is 12.5. The van der Waals surface area contributed by atoms with Gasteiger partial charge in [0, 0.05) is 6.07 Å². The zero-order chi connectivity index (χ0) is 15.2. The zero-order valence-electron chi connectivity index (χ0n) is 12.5. The first-order valence-corrected chi connectivity index (χ1v) is 7.54. The van der Waals surface area contributed by atoms with Crippen LogP contribution in [0, 0.1) is 6.92 Å². The Kier molecular flexibility index (Phi) is 4.59. The van der Waals surface area contributed by atoms with Crippen LogP contribution < -0.4 is 9.47 Å². The molecule has 0 aliphatic rings. The van der Waals surface area contributed by atoms with E-state index in [0.717, 1.165) is 30.1 Å². The minimum Gasteiger partial charge on any atom is -0.493 e. The summed E-state index contributed by atoms with van der Waals surface area (Å²) in [4.78, 5) is 0. The highest BCUT2D eigenvalue weighted by Gasteiger charge is 2.01. The van der Waals surface area contributed by atoms with Gasteiger partial charge in [0.25, 0.3) is 0 Å². The van der Waals surface area contributed by atoms with Gasteiger partial charge >= 0.3 is 0 Å². The molecule has 0 N–H and O–H groups in total. The molecule has 0 amide bonds. The molecular weight excluding hydrogens is 272 g/mol. The summed E-state index contributed by atoms with van der Waals surface area (Å²) in [5, 5.41) is 2.38. The average Bonchev–Trinajstić information content (AvgIpc) is 2.55. The van der Waals surface area contributed by atoms with Crippen molar-refractivity contribution >= 4 is 10.8 Å². The fourth-order valence-electron chi connectivity index (χ4n) is 2.29. The Hall–Kier alpha value is -2.48. The predicted octanol–water partition coefficient (Wildman–Crippen LogP) is 5.63. The van der Waals surface area contributed by atoms with Gasteiger partial charge in [-0.25, -0.2) is 0 Å². The van der Waals surface area contributed by atoms with Crippen molar-refractivity contribution in [3.05, 3.63) is 73.7 Å². The molecule has 0 atom stereocenters. The van der Waals surface area contributed by atoms with Crippen LogP contribution in [0.15, 0.2) is 66.7 Å². The minimum absolute atomic E-state index is 0.683. The monoisotopic (exact) mass is 291 g/mol. The van der Waals surface area contributed by atoms with Crippen LogP contribution in [0.5, 0.6) is 17.2 Å². The lowest BCUT2D eigenvalue weighted by Crippen LogP contribution is -1.96. The number of benzene rings is 3. The van der Waals surface area contributed by atoms with Crippen molar-refractivity contribution in [3.63, 3.8) is 0 Å². The predicted molar refractivity (Wildman–Crippen MR) is 90.6 cm³/mol. The summed E-state index contributed by atoms with van der Waals surface area (Å²) < 4.78 is 11.6. The van der Waals surface area contributed by atoms with E-state index in [1.807, 2.05) is 48.5 Å². The van der Waals surface area contributed by atoms with Gasteiger partial charge in [-0.1, -0.05) is 49.7 Å². The van der Waals surface area contributed by atoms with Gasteiger partial charge in [-0.3, -0.25) is 0 Å². The molecule has 3 rings (SSSR count). The van der Waals surface area contributed by atoms with Crippen molar-refractivity contribution in [2.24, 2.45) is 0 Å². The maximum absolute atomic E-state index is 5.94. The number of hydrogen-bond acceptors (Lipinski definition) is 2. The highest BCUT2D eigenvalue weighted by Crippen LogP contribution is 2.28. The summed E-state index contributed by atoms with van der Waals surface area (Å²) in [6, 6.07) is 22.1. The Morgan fingerprint density at radius 3 is 2.36 bits per heavy atom. The normalized spacial score (nSPS) is 10.6. The summed E-state index contributed by atoms with van der Waals surface area (Å²) in [5.41, 5.74) is 0.